The van der Waals surface area contributed by atoms with Gasteiger partial charge in [-0.2, -0.15) is 0 Å². The van der Waals surface area contributed by atoms with Gasteiger partial charge in [0.2, 0.25) is 0 Å². The number of rotatable bonds is 9. The van der Waals surface area contributed by atoms with E-state index in [1.54, 1.807) is 18.5 Å². The van der Waals surface area contributed by atoms with Gasteiger partial charge in [-0.1, -0.05) is 41.6 Å². The van der Waals surface area contributed by atoms with Gasteiger partial charge in [-0.15, -0.1) is 0 Å². The van der Waals surface area contributed by atoms with Crippen LogP contribution in [0.3, 0.4) is 0 Å². The van der Waals surface area contributed by atoms with Gasteiger partial charge in [0, 0.05) is 28.4 Å². The number of ether oxygens (including phenoxy) is 1. The largest absolute Gasteiger partial charge is 0.488 e. The molecule has 0 spiro atoms. The van der Waals surface area contributed by atoms with Crippen LogP contribution >= 0.6 is 0 Å². The number of halogens is 1. The first-order chi connectivity index (χ1) is 16.5. The summed E-state index contributed by atoms with van der Waals surface area (Å²) < 4.78 is 31.3. The molecular weight excluding hydrogens is 449 g/mol. The SMILES string of the molecule is CC1=C(CCON=CCOc2ccccc2)c2cc(F)ccc2/C1=C\c1ccc(S(C)=O)cc1. The molecular formula is C28H26FNO3S. The maximum absolute atomic E-state index is 14.1. The molecule has 0 aromatic heterocycles. The lowest BCUT2D eigenvalue weighted by Crippen LogP contribution is -1.99. The monoisotopic (exact) mass is 475 g/mol. The fraction of sp³-hybridized carbons (Fsp3) is 0.179. The number of oxime groups is 1. The molecule has 1 atom stereocenters. The van der Waals surface area contributed by atoms with Gasteiger partial charge in [-0.05, 0) is 82.8 Å². The molecule has 0 saturated heterocycles. The van der Waals surface area contributed by atoms with E-state index in [2.05, 4.69) is 11.2 Å². The van der Waals surface area contributed by atoms with Crippen molar-refractivity contribution in [2.24, 2.45) is 5.16 Å². The van der Waals surface area contributed by atoms with Gasteiger partial charge >= 0.3 is 0 Å². The Balaban J connectivity index is 1.44. The molecule has 0 amide bonds. The van der Waals surface area contributed by atoms with Crippen molar-refractivity contribution >= 4 is 34.2 Å². The highest BCUT2D eigenvalue weighted by molar-refractivity contribution is 7.84. The molecule has 0 aliphatic heterocycles. The molecule has 1 unspecified atom stereocenters. The van der Waals surface area contributed by atoms with Gasteiger partial charge in [0.1, 0.15) is 24.8 Å². The maximum atomic E-state index is 14.1. The Bertz CT molecular complexity index is 1260. The minimum Gasteiger partial charge on any atom is -0.488 e. The summed E-state index contributed by atoms with van der Waals surface area (Å²) in [5.74, 6) is 0.508. The molecule has 0 bridgehead atoms. The van der Waals surface area contributed by atoms with Crippen LogP contribution in [0.1, 0.15) is 30.0 Å². The van der Waals surface area contributed by atoms with Gasteiger partial charge in [-0.3, -0.25) is 4.21 Å². The predicted octanol–water partition coefficient (Wildman–Crippen LogP) is 6.36. The van der Waals surface area contributed by atoms with E-state index >= 15 is 0 Å². The fourth-order valence-corrected chi connectivity index (χ4v) is 4.45. The van der Waals surface area contributed by atoms with Gasteiger partial charge in [0.05, 0.1) is 6.21 Å². The van der Waals surface area contributed by atoms with E-state index in [0.29, 0.717) is 19.6 Å². The number of fused-ring (bicyclic) bond motifs is 1. The van der Waals surface area contributed by atoms with Crippen molar-refractivity contribution in [3.63, 3.8) is 0 Å². The summed E-state index contributed by atoms with van der Waals surface area (Å²) in [5, 5.41) is 3.97. The molecule has 34 heavy (non-hydrogen) atoms. The summed E-state index contributed by atoms with van der Waals surface area (Å²) in [4.78, 5) is 6.22. The van der Waals surface area contributed by atoms with Gasteiger partial charge < -0.3 is 9.57 Å². The topological polar surface area (TPSA) is 47.9 Å². The van der Waals surface area contributed by atoms with E-state index in [4.69, 9.17) is 9.57 Å². The number of para-hydroxylation sites is 1. The summed E-state index contributed by atoms with van der Waals surface area (Å²) in [6, 6.07) is 22.0. The zero-order chi connectivity index (χ0) is 23.9. The molecule has 4 rings (SSSR count). The molecule has 1 aliphatic rings. The lowest BCUT2D eigenvalue weighted by atomic mass is 10.0. The molecule has 6 heteroatoms. The third-order valence-corrected chi connectivity index (χ3v) is 6.57. The van der Waals surface area contributed by atoms with E-state index in [0.717, 1.165) is 44.1 Å². The molecule has 0 saturated carbocycles. The molecule has 174 valence electrons. The second-order valence-corrected chi connectivity index (χ2v) is 9.25. The molecule has 3 aromatic carbocycles. The Hall–Kier alpha value is -3.51. The third kappa shape index (κ3) is 5.69. The summed E-state index contributed by atoms with van der Waals surface area (Å²) >= 11 is 0. The lowest BCUT2D eigenvalue weighted by Gasteiger charge is -2.06. The molecule has 0 radical (unpaired) electrons. The average molecular weight is 476 g/mol. The Labute approximate surface area is 201 Å². The lowest BCUT2D eigenvalue weighted by molar-refractivity contribution is 0.150. The first-order valence-electron chi connectivity index (χ1n) is 11.0. The zero-order valence-electron chi connectivity index (χ0n) is 19.2. The van der Waals surface area contributed by atoms with Crippen molar-refractivity contribution in [1.82, 2.24) is 0 Å². The first-order valence-corrected chi connectivity index (χ1v) is 12.6. The number of allylic oxidation sites excluding steroid dienone is 2. The fourth-order valence-electron chi connectivity index (χ4n) is 3.93. The second-order valence-electron chi connectivity index (χ2n) is 7.87. The van der Waals surface area contributed by atoms with Crippen LogP contribution in [0.15, 0.2) is 88.4 Å². The highest BCUT2D eigenvalue weighted by Crippen LogP contribution is 2.43. The number of nitrogens with zero attached hydrogens (tertiary/aromatic N) is 1. The molecule has 1 aliphatic carbocycles. The average Bonchev–Trinajstić information content (AvgIpc) is 3.09. The van der Waals surface area contributed by atoms with Crippen molar-refractivity contribution in [2.45, 2.75) is 18.2 Å². The van der Waals surface area contributed by atoms with E-state index in [9.17, 15) is 8.60 Å². The standard InChI is InChI=1S/C28H26FNO3S/c1-20-25(14-16-33-30-15-17-32-23-6-4-3-5-7-23)28-19-22(29)10-13-26(28)27(20)18-21-8-11-24(12-9-21)34(2)31/h3-13,15,18-19H,14,16-17H2,1-2H3/b27-18-,30-15?. The van der Waals surface area contributed by atoms with E-state index < -0.39 is 10.8 Å². The Morgan fingerprint density at radius 1 is 1.00 bits per heavy atom. The van der Waals surface area contributed by atoms with Crippen LogP contribution in [-0.4, -0.2) is 29.9 Å². The summed E-state index contributed by atoms with van der Waals surface area (Å²) in [6.45, 7) is 2.73. The summed E-state index contributed by atoms with van der Waals surface area (Å²) in [5.41, 5.74) is 6.06. The van der Waals surface area contributed by atoms with E-state index in [1.807, 2.05) is 67.6 Å². The number of benzene rings is 3. The summed E-state index contributed by atoms with van der Waals surface area (Å²) in [7, 11) is -1.01. The van der Waals surface area contributed by atoms with Crippen molar-refractivity contribution in [2.75, 3.05) is 19.5 Å². The highest BCUT2D eigenvalue weighted by atomic mass is 32.2. The van der Waals surface area contributed by atoms with Crippen LogP contribution in [0.25, 0.3) is 17.2 Å². The molecule has 0 fully saturated rings. The van der Waals surface area contributed by atoms with Crippen molar-refractivity contribution in [3.8, 4) is 5.75 Å². The zero-order valence-corrected chi connectivity index (χ0v) is 20.0. The molecule has 3 aromatic rings. The smallest absolute Gasteiger partial charge is 0.127 e. The third-order valence-electron chi connectivity index (χ3n) is 5.64. The predicted molar refractivity (Wildman–Crippen MR) is 137 cm³/mol. The van der Waals surface area contributed by atoms with Gasteiger partial charge in [-0.25, -0.2) is 4.39 Å². The van der Waals surface area contributed by atoms with Crippen molar-refractivity contribution in [3.05, 3.63) is 101 Å². The Morgan fingerprint density at radius 2 is 1.76 bits per heavy atom. The molecule has 4 nitrogen and oxygen atoms in total. The van der Waals surface area contributed by atoms with Crippen LogP contribution in [0.4, 0.5) is 4.39 Å². The van der Waals surface area contributed by atoms with E-state index in [-0.39, 0.29) is 5.82 Å². The maximum Gasteiger partial charge on any atom is 0.127 e. The second kappa shape index (κ2) is 11.1. The van der Waals surface area contributed by atoms with E-state index in [1.165, 1.54) is 6.07 Å². The van der Waals surface area contributed by atoms with Gasteiger partial charge in [0.15, 0.2) is 0 Å². The summed E-state index contributed by atoms with van der Waals surface area (Å²) in [6.07, 6.45) is 5.93. The Kier molecular flexibility index (Phi) is 7.70. The molecule has 0 N–H and O–H groups in total. The van der Waals surface area contributed by atoms with Crippen LogP contribution < -0.4 is 4.74 Å². The Morgan fingerprint density at radius 3 is 2.50 bits per heavy atom. The molecule has 0 heterocycles. The number of hydrogen-bond acceptors (Lipinski definition) is 4. The van der Waals surface area contributed by atoms with Crippen molar-refractivity contribution in [1.29, 1.82) is 0 Å². The quantitative estimate of drug-likeness (QED) is 0.205. The number of hydrogen-bond donors (Lipinski definition) is 0. The van der Waals surface area contributed by atoms with Gasteiger partial charge in [0.25, 0.3) is 0 Å². The van der Waals surface area contributed by atoms with Crippen LogP contribution in [-0.2, 0) is 15.6 Å². The van der Waals surface area contributed by atoms with Crippen LogP contribution in [0.5, 0.6) is 5.75 Å². The normalized spacial score (nSPS) is 15.1. The first kappa shape index (κ1) is 23.6. The minimum absolute atomic E-state index is 0.267. The van der Waals surface area contributed by atoms with Crippen molar-refractivity contribution < 1.29 is 18.2 Å². The van der Waals surface area contributed by atoms with Crippen LogP contribution in [0, 0.1) is 5.82 Å². The minimum atomic E-state index is -1.01. The highest BCUT2D eigenvalue weighted by Gasteiger charge is 2.24. The van der Waals surface area contributed by atoms with Crippen LogP contribution in [0.2, 0.25) is 0 Å².